The highest BCUT2D eigenvalue weighted by molar-refractivity contribution is 6.42. The molecule has 2 amide bonds. The van der Waals surface area contributed by atoms with Crippen molar-refractivity contribution < 1.29 is 14.4 Å². The van der Waals surface area contributed by atoms with Crippen molar-refractivity contribution in [2.45, 2.75) is 31.3 Å². The molecule has 1 N–H and O–H groups in total. The highest BCUT2D eigenvalue weighted by Crippen LogP contribution is 2.28. The normalized spacial score (nSPS) is 19.5. The van der Waals surface area contributed by atoms with E-state index in [0.29, 0.717) is 12.1 Å². The molecule has 1 aliphatic heterocycles. The minimum atomic E-state index is -0.648. The summed E-state index contributed by atoms with van der Waals surface area (Å²) in [6.07, 6.45) is 1.96. The first-order valence-corrected chi connectivity index (χ1v) is 8.88. The SMILES string of the molecule is O=C(N[C@@H]1CC(=O)N(C2Cc3ccccc3C2)C1)C(=O)c1ccccc1. The molecule has 0 bridgehead atoms. The molecular formula is C21H20N2O3. The summed E-state index contributed by atoms with van der Waals surface area (Å²) in [4.78, 5) is 38.7. The summed E-state index contributed by atoms with van der Waals surface area (Å²) in [6, 6.07) is 16.5. The van der Waals surface area contributed by atoms with Crippen LogP contribution in [0.3, 0.4) is 0 Å². The average molecular weight is 348 g/mol. The fourth-order valence-corrected chi connectivity index (χ4v) is 3.91. The molecule has 0 spiro atoms. The molecule has 1 saturated heterocycles. The molecular weight excluding hydrogens is 328 g/mol. The van der Waals surface area contributed by atoms with Crippen LogP contribution in [0.15, 0.2) is 54.6 Å². The van der Waals surface area contributed by atoms with Gasteiger partial charge in [-0.3, -0.25) is 14.4 Å². The zero-order valence-corrected chi connectivity index (χ0v) is 14.4. The number of benzene rings is 2. The van der Waals surface area contributed by atoms with Crippen molar-refractivity contribution in [3.63, 3.8) is 0 Å². The monoisotopic (exact) mass is 348 g/mol. The maximum atomic E-state index is 12.4. The Morgan fingerprint density at radius 1 is 0.885 bits per heavy atom. The van der Waals surface area contributed by atoms with Gasteiger partial charge in [0, 0.05) is 24.6 Å². The van der Waals surface area contributed by atoms with E-state index < -0.39 is 11.7 Å². The molecule has 1 aliphatic carbocycles. The summed E-state index contributed by atoms with van der Waals surface area (Å²) in [6.45, 7) is 0.464. The molecule has 0 saturated carbocycles. The first kappa shape index (κ1) is 16.5. The molecule has 0 radical (unpaired) electrons. The molecule has 1 heterocycles. The van der Waals surface area contributed by atoms with Gasteiger partial charge < -0.3 is 10.2 Å². The molecule has 2 aromatic rings. The lowest BCUT2D eigenvalue weighted by Crippen LogP contribution is -2.43. The molecule has 1 atom stereocenters. The third-order valence-electron chi connectivity index (χ3n) is 5.21. The Hall–Kier alpha value is -2.95. The minimum absolute atomic E-state index is 0.0419. The maximum absolute atomic E-state index is 12.4. The standard InChI is InChI=1S/C21H20N2O3/c24-19-12-17(22-21(26)20(25)14-6-2-1-3-7-14)13-23(19)18-10-15-8-4-5-9-16(15)11-18/h1-9,17-18H,10-13H2,(H,22,26)/t17-/m1/s1. The van der Waals surface area contributed by atoms with Gasteiger partial charge in [0.05, 0.1) is 6.04 Å². The van der Waals surface area contributed by atoms with Gasteiger partial charge in [-0.1, -0.05) is 54.6 Å². The molecule has 5 nitrogen and oxygen atoms in total. The zero-order valence-electron chi connectivity index (χ0n) is 14.4. The highest BCUT2D eigenvalue weighted by Gasteiger charge is 2.38. The van der Waals surface area contributed by atoms with Crippen molar-refractivity contribution in [1.29, 1.82) is 0 Å². The lowest BCUT2D eigenvalue weighted by atomic mass is 10.1. The van der Waals surface area contributed by atoms with E-state index in [-0.39, 0.29) is 24.4 Å². The second kappa shape index (κ2) is 6.75. The van der Waals surface area contributed by atoms with E-state index in [1.807, 2.05) is 17.0 Å². The van der Waals surface area contributed by atoms with Gasteiger partial charge >= 0.3 is 0 Å². The molecule has 4 rings (SSSR count). The Kier molecular flexibility index (Phi) is 4.29. The molecule has 0 unspecified atom stereocenters. The lowest BCUT2D eigenvalue weighted by Gasteiger charge is -2.24. The summed E-state index contributed by atoms with van der Waals surface area (Å²) in [5.74, 6) is -1.17. The molecule has 2 aliphatic rings. The van der Waals surface area contributed by atoms with Crippen LogP contribution >= 0.6 is 0 Å². The fraction of sp³-hybridized carbons (Fsp3) is 0.286. The Balaban J connectivity index is 1.38. The summed E-state index contributed by atoms with van der Waals surface area (Å²) < 4.78 is 0. The Bertz CT molecular complexity index is 838. The van der Waals surface area contributed by atoms with Gasteiger partial charge in [-0.2, -0.15) is 0 Å². The van der Waals surface area contributed by atoms with E-state index in [2.05, 4.69) is 17.4 Å². The number of hydrogen-bond acceptors (Lipinski definition) is 3. The number of hydrogen-bond donors (Lipinski definition) is 1. The third-order valence-corrected chi connectivity index (χ3v) is 5.21. The first-order valence-electron chi connectivity index (χ1n) is 8.88. The highest BCUT2D eigenvalue weighted by atomic mass is 16.2. The van der Waals surface area contributed by atoms with Crippen LogP contribution in [-0.4, -0.2) is 41.1 Å². The molecule has 5 heteroatoms. The number of ketones is 1. The Morgan fingerprint density at radius 3 is 2.15 bits per heavy atom. The van der Waals surface area contributed by atoms with Gasteiger partial charge in [0.2, 0.25) is 11.7 Å². The number of nitrogens with zero attached hydrogens (tertiary/aromatic N) is 1. The molecule has 132 valence electrons. The van der Waals surface area contributed by atoms with Crippen LogP contribution < -0.4 is 5.32 Å². The van der Waals surface area contributed by atoms with E-state index >= 15 is 0 Å². The predicted octanol–water partition coefficient (Wildman–Crippen LogP) is 1.75. The van der Waals surface area contributed by atoms with Crippen LogP contribution in [0.4, 0.5) is 0 Å². The number of carbonyl (C=O) groups is 3. The number of likely N-dealkylation sites (tertiary alicyclic amines) is 1. The van der Waals surface area contributed by atoms with Gasteiger partial charge in [0.25, 0.3) is 5.91 Å². The van der Waals surface area contributed by atoms with Crippen LogP contribution in [0.1, 0.15) is 27.9 Å². The smallest absolute Gasteiger partial charge is 0.292 e. The van der Waals surface area contributed by atoms with Gasteiger partial charge in [0.15, 0.2) is 0 Å². The summed E-state index contributed by atoms with van der Waals surface area (Å²) in [5.41, 5.74) is 2.94. The quantitative estimate of drug-likeness (QED) is 0.676. The van der Waals surface area contributed by atoms with E-state index in [0.717, 1.165) is 12.8 Å². The first-order chi connectivity index (χ1) is 12.6. The van der Waals surface area contributed by atoms with Gasteiger partial charge in [-0.15, -0.1) is 0 Å². The molecule has 0 aromatic heterocycles. The van der Waals surface area contributed by atoms with Gasteiger partial charge in [-0.25, -0.2) is 0 Å². The van der Waals surface area contributed by atoms with E-state index in [9.17, 15) is 14.4 Å². The van der Waals surface area contributed by atoms with Crippen molar-refractivity contribution in [1.82, 2.24) is 10.2 Å². The summed E-state index contributed by atoms with van der Waals surface area (Å²) in [5, 5.41) is 2.73. The predicted molar refractivity (Wildman–Crippen MR) is 96.7 cm³/mol. The number of carbonyl (C=O) groups excluding carboxylic acids is 3. The van der Waals surface area contributed by atoms with Crippen molar-refractivity contribution in [2.75, 3.05) is 6.54 Å². The van der Waals surface area contributed by atoms with E-state index in [1.54, 1.807) is 30.3 Å². The minimum Gasteiger partial charge on any atom is -0.344 e. The van der Waals surface area contributed by atoms with Crippen LogP contribution in [0.5, 0.6) is 0 Å². The largest absolute Gasteiger partial charge is 0.344 e. The Labute approximate surface area is 152 Å². The zero-order chi connectivity index (χ0) is 18.1. The topological polar surface area (TPSA) is 66.5 Å². The molecule has 26 heavy (non-hydrogen) atoms. The number of Topliss-reactive ketones (excluding diaryl/α,β-unsaturated/α-hetero) is 1. The number of amides is 2. The van der Waals surface area contributed by atoms with Gasteiger partial charge in [0.1, 0.15) is 0 Å². The number of rotatable bonds is 4. The molecule has 1 fully saturated rings. The molecule has 2 aromatic carbocycles. The second-order valence-corrected chi connectivity index (χ2v) is 6.95. The van der Waals surface area contributed by atoms with E-state index in [1.165, 1.54) is 11.1 Å². The average Bonchev–Trinajstić information content (AvgIpc) is 3.24. The summed E-state index contributed by atoms with van der Waals surface area (Å²) >= 11 is 0. The van der Waals surface area contributed by atoms with Crippen molar-refractivity contribution in [3.8, 4) is 0 Å². The van der Waals surface area contributed by atoms with Gasteiger partial charge in [-0.05, 0) is 24.0 Å². The maximum Gasteiger partial charge on any atom is 0.292 e. The van der Waals surface area contributed by atoms with Crippen LogP contribution in [0.2, 0.25) is 0 Å². The number of fused-ring (bicyclic) bond motifs is 1. The third kappa shape index (κ3) is 3.12. The Morgan fingerprint density at radius 2 is 1.50 bits per heavy atom. The van der Waals surface area contributed by atoms with Crippen molar-refractivity contribution in [2.24, 2.45) is 0 Å². The number of nitrogens with one attached hydrogen (secondary N) is 1. The fourth-order valence-electron chi connectivity index (χ4n) is 3.91. The van der Waals surface area contributed by atoms with E-state index in [4.69, 9.17) is 0 Å². The summed E-state index contributed by atoms with van der Waals surface area (Å²) in [7, 11) is 0. The van der Waals surface area contributed by atoms with Crippen LogP contribution in [0, 0.1) is 0 Å². The van der Waals surface area contributed by atoms with Crippen molar-refractivity contribution in [3.05, 3.63) is 71.3 Å². The van der Waals surface area contributed by atoms with Crippen LogP contribution in [-0.2, 0) is 22.4 Å². The lowest BCUT2D eigenvalue weighted by molar-refractivity contribution is -0.129. The van der Waals surface area contributed by atoms with Crippen molar-refractivity contribution >= 4 is 17.6 Å². The van der Waals surface area contributed by atoms with Crippen LogP contribution in [0.25, 0.3) is 0 Å². The second-order valence-electron chi connectivity index (χ2n) is 6.95.